The maximum Gasteiger partial charge on any atom is 0.329 e. The van der Waals surface area contributed by atoms with Gasteiger partial charge in [0.05, 0.1) is 12.1 Å². The van der Waals surface area contributed by atoms with Crippen molar-refractivity contribution in [3.05, 3.63) is 0 Å². The summed E-state index contributed by atoms with van der Waals surface area (Å²) in [5.74, 6) is -1.03. The third kappa shape index (κ3) is 3.35. The zero-order valence-electron chi connectivity index (χ0n) is 11.2. The summed E-state index contributed by atoms with van der Waals surface area (Å²) in [7, 11) is 1.62. The van der Waals surface area contributed by atoms with E-state index in [1.807, 2.05) is 0 Å². The summed E-state index contributed by atoms with van der Waals surface area (Å²) in [6, 6.07) is -0.486. The van der Waals surface area contributed by atoms with E-state index >= 15 is 0 Å². The molecule has 0 radical (unpaired) electrons. The first kappa shape index (κ1) is 14.8. The predicted molar refractivity (Wildman–Crippen MR) is 66.4 cm³/mol. The van der Waals surface area contributed by atoms with Crippen molar-refractivity contribution in [2.75, 3.05) is 7.11 Å². The minimum atomic E-state index is -1.23. The SMILES string of the molecule is CCC(C)(NC(=O)NC1CCCC1OC)C(=O)O. The number of nitrogens with one attached hydrogen (secondary N) is 2. The van der Waals surface area contributed by atoms with E-state index in [4.69, 9.17) is 9.84 Å². The molecule has 18 heavy (non-hydrogen) atoms. The van der Waals surface area contributed by atoms with Crippen molar-refractivity contribution in [2.45, 2.75) is 57.2 Å². The summed E-state index contributed by atoms with van der Waals surface area (Å²) < 4.78 is 5.27. The van der Waals surface area contributed by atoms with E-state index in [0.29, 0.717) is 6.42 Å². The molecule has 6 heteroatoms. The Morgan fingerprint density at radius 3 is 2.61 bits per heavy atom. The summed E-state index contributed by atoms with van der Waals surface area (Å²) in [4.78, 5) is 22.9. The normalized spacial score (nSPS) is 26.4. The summed E-state index contributed by atoms with van der Waals surface area (Å²) in [6.07, 6.45) is 3.14. The zero-order valence-corrected chi connectivity index (χ0v) is 11.2. The van der Waals surface area contributed by atoms with Crippen molar-refractivity contribution >= 4 is 12.0 Å². The number of carboxylic acid groups (broad SMARTS) is 1. The largest absolute Gasteiger partial charge is 0.480 e. The van der Waals surface area contributed by atoms with E-state index in [1.165, 1.54) is 6.92 Å². The number of carbonyl (C=O) groups excluding carboxylic acids is 1. The van der Waals surface area contributed by atoms with Gasteiger partial charge in [-0.25, -0.2) is 9.59 Å². The second-order valence-corrected chi connectivity index (χ2v) is 4.90. The van der Waals surface area contributed by atoms with Gasteiger partial charge in [0.15, 0.2) is 0 Å². The molecule has 1 saturated carbocycles. The van der Waals surface area contributed by atoms with Crippen LogP contribution in [0.1, 0.15) is 39.5 Å². The smallest absolute Gasteiger partial charge is 0.329 e. The van der Waals surface area contributed by atoms with Crippen LogP contribution in [0.25, 0.3) is 0 Å². The van der Waals surface area contributed by atoms with E-state index in [0.717, 1.165) is 19.3 Å². The van der Waals surface area contributed by atoms with Gasteiger partial charge in [0.1, 0.15) is 5.54 Å². The van der Waals surface area contributed by atoms with Crippen molar-refractivity contribution in [3.8, 4) is 0 Å². The van der Waals surface area contributed by atoms with E-state index in [1.54, 1.807) is 14.0 Å². The van der Waals surface area contributed by atoms with Gasteiger partial charge in [0, 0.05) is 7.11 Å². The lowest BCUT2D eigenvalue weighted by molar-refractivity contribution is -0.143. The average Bonchev–Trinajstić information content (AvgIpc) is 2.75. The molecule has 6 nitrogen and oxygen atoms in total. The molecule has 0 saturated heterocycles. The van der Waals surface area contributed by atoms with Crippen molar-refractivity contribution in [1.82, 2.24) is 10.6 Å². The summed E-state index contributed by atoms with van der Waals surface area (Å²) >= 11 is 0. The molecule has 1 fully saturated rings. The molecule has 1 aliphatic carbocycles. The Hall–Kier alpha value is -1.30. The van der Waals surface area contributed by atoms with Gasteiger partial charge in [-0.05, 0) is 32.6 Å². The molecule has 3 atom stereocenters. The molecule has 0 bridgehead atoms. The third-order valence-corrected chi connectivity index (χ3v) is 3.64. The Bertz CT molecular complexity index is 321. The fourth-order valence-electron chi connectivity index (χ4n) is 2.12. The Labute approximate surface area is 107 Å². The van der Waals surface area contributed by atoms with E-state index in [9.17, 15) is 9.59 Å². The highest BCUT2D eigenvalue weighted by Crippen LogP contribution is 2.21. The quantitative estimate of drug-likeness (QED) is 0.689. The molecule has 0 heterocycles. The second-order valence-electron chi connectivity index (χ2n) is 4.90. The van der Waals surface area contributed by atoms with E-state index in [-0.39, 0.29) is 12.1 Å². The fourth-order valence-corrected chi connectivity index (χ4v) is 2.12. The van der Waals surface area contributed by atoms with Crippen LogP contribution in [-0.4, -0.2) is 41.9 Å². The molecule has 0 spiro atoms. The number of urea groups is 1. The Kier molecular flexibility index (Phi) is 4.95. The number of rotatable bonds is 5. The standard InChI is InChI=1S/C12H22N2O4/c1-4-12(2,10(15)16)14-11(17)13-8-6-5-7-9(8)18-3/h8-9H,4-7H2,1-3H3,(H,15,16)(H2,13,14,17). The molecule has 0 aromatic heterocycles. The molecule has 3 N–H and O–H groups in total. The molecule has 0 aliphatic heterocycles. The van der Waals surface area contributed by atoms with E-state index in [2.05, 4.69) is 10.6 Å². The lowest BCUT2D eigenvalue weighted by atomic mass is 10.00. The van der Waals surface area contributed by atoms with Crippen molar-refractivity contribution in [1.29, 1.82) is 0 Å². The molecule has 3 unspecified atom stereocenters. The van der Waals surface area contributed by atoms with E-state index < -0.39 is 17.5 Å². The number of hydrogen-bond acceptors (Lipinski definition) is 3. The maximum absolute atomic E-state index is 11.8. The molecule has 0 aromatic rings. The van der Waals surface area contributed by atoms with Gasteiger partial charge in [0.25, 0.3) is 0 Å². The number of carboxylic acids is 1. The van der Waals surface area contributed by atoms with Gasteiger partial charge in [-0.2, -0.15) is 0 Å². The monoisotopic (exact) mass is 258 g/mol. The first-order valence-electron chi connectivity index (χ1n) is 6.27. The van der Waals surface area contributed by atoms with Gasteiger partial charge < -0.3 is 20.5 Å². The number of aliphatic carboxylic acids is 1. The summed E-state index contributed by atoms with van der Waals surface area (Å²) in [5.41, 5.74) is -1.23. The Morgan fingerprint density at radius 1 is 1.44 bits per heavy atom. The highest BCUT2D eigenvalue weighted by atomic mass is 16.5. The predicted octanol–water partition coefficient (Wildman–Crippen LogP) is 1.11. The first-order chi connectivity index (χ1) is 8.42. The van der Waals surface area contributed by atoms with Crippen molar-refractivity contribution < 1.29 is 19.4 Å². The molecule has 2 amide bonds. The van der Waals surface area contributed by atoms with Crippen LogP contribution in [0.3, 0.4) is 0 Å². The summed E-state index contributed by atoms with van der Waals surface area (Å²) in [5, 5.41) is 14.4. The van der Waals surface area contributed by atoms with Crippen LogP contribution >= 0.6 is 0 Å². The average molecular weight is 258 g/mol. The van der Waals surface area contributed by atoms with Crippen LogP contribution in [0.5, 0.6) is 0 Å². The highest BCUT2D eigenvalue weighted by molar-refractivity contribution is 5.85. The molecule has 1 aliphatic rings. The maximum atomic E-state index is 11.8. The lowest BCUT2D eigenvalue weighted by Crippen LogP contribution is -2.57. The van der Waals surface area contributed by atoms with Crippen LogP contribution in [0.4, 0.5) is 4.79 Å². The Morgan fingerprint density at radius 2 is 2.11 bits per heavy atom. The minimum Gasteiger partial charge on any atom is -0.480 e. The van der Waals surface area contributed by atoms with Gasteiger partial charge in [0.2, 0.25) is 0 Å². The second kappa shape index (κ2) is 6.04. The number of amides is 2. The minimum absolute atomic E-state index is 0.0217. The zero-order chi connectivity index (χ0) is 13.8. The molecular weight excluding hydrogens is 236 g/mol. The summed E-state index contributed by atoms with van der Waals surface area (Å²) in [6.45, 7) is 3.22. The Balaban J connectivity index is 2.53. The van der Waals surface area contributed by atoms with Gasteiger partial charge in [-0.3, -0.25) is 0 Å². The molecule has 104 valence electrons. The van der Waals surface area contributed by atoms with Crippen LogP contribution < -0.4 is 10.6 Å². The van der Waals surface area contributed by atoms with Crippen molar-refractivity contribution in [2.24, 2.45) is 0 Å². The number of ether oxygens (including phenoxy) is 1. The highest BCUT2D eigenvalue weighted by Gasteiger charge is 2.35. The van der Waals surface area contributed by atoms with Crippen molar-refractivity contribution in [3.63, 3.8) is 0 Å². The van der Waals surface area contributed by atoms with Gasteiger partial charge in [-0.15, -0.1) is 0 Å². The topological polar surface area (TPSA) is 87.7 Å². The third-order valence-electron chi connectivity index (χ3n) is 3.64. The lowest BCUT2D eigenvalue weighted by Gasteiger charge is -2.27. The van der Waals surface area contributed by atoms with Crippen LogP contribution in [-0.2, 0) is 9.53 Å². The molecular formula is C12H22N2O4. The molecule has 0 aromatic carbocycles. The van der Waals surface area contributed by atoms with Crippen LogP contribution in [0.2, 0.25) is 0 Å². The van der Waals surface area contributed by atoms with Crippen LogP contribution in [0.15, 0.2) is 0 Å². The van der Waals surface area contributed by atoms with Crippen LogP contribution in [0, 0.1) is 0 Å². The first-order valence-corrected chi connectivity index (χ1v) is 6.27. The number of hydrogen-bond donors (Lipinski definition) is 3. The fraction of sp³-hybridized carbons (Fsp3) is 0.833. The molecule has 1 rings (SSSR count). The van der Waals surface area contributed by atoms with Gasteiger partial charge >= 0.3 is 12.0 Å². The van der Waals surface area contributed by atoms with Gasteiger partial charge in [-0.1, -0.05) is 6.92 Å². The number of carbonyl (C=O) groups is 2. The number of methoxy groups -OCH3 is 1.